The molecule has 6 nitrogen and oxygen atoms in total. The average molecular weight is 312 g/mol. The highest BCUT2D eigenvalue weighted by Gasteiger charge is 2.27. The zero-order valence-electron chi connectivity index (χ0n) is 11.9. The van der Waals surface area contributed by atoms with Crippen LogP contribution in [0.1, 0.15) is 30.1 Å². The SMILES string of the molecule is CCNS(=O)(=O)c1ccc(C(=O)NCC2CC(O)C2)cc1. The van der Waals surface area contributed by atoms with Gasteiger partial charge in [-0.15, -0.1) is 0 Å². The van der Waals surface area contributed by atoms with Crippen LogP contribution in [0.5, 0.6) is 0 Å². The number of sulfonamides is 1. The van der Waals surface area contributed by atoms with Crippen LogP contribution in [0, 0.1) is 5.92 Å². The molecule has 1 amide bonds. The Kier molecular flexibility index (Phi) is 4.97. The second-order valence-electron chi connectivity index (χ2n) is 5.23. The summed E-state index contributed by atoms with van der Waals surface area (Å²) in [6.45, 7) is 2.56. The van der Waals surface area contributed by atoms with Gasteiger partial charge in [0.05, 0.1) is 11.0 Å². The maximum Gasteiger partial charge on any atom is 0.251 e. The Balaban J connectivity index is 1.93. The van der Waals surface area contributed by atoms with Gasteiger partial charge < -0.3 is 10.4 Å². The average Bonchev–Trinajstić information content (AvgIpc) is 2.42. The molecule has 0 aromatic heterocycles. The van der Waals surface area contributed by atoms with Crippen LogP contribution in [-0.4, -0.2) is 38.6 Å². The van der Waals surface area contributed by atoms with E-state index >= 15 is 0 Å². The Morgan fingerprint density at radius 1 is 1.29 bits per heavy atom. The van der Waals surface area contributed by atoms with E-state index in [0.717, 1.165) is 12.8 Å². The fourth-order valence-electron chi connectivity index (χ4n) is 2.27. The van der Waals surface area contributed by atoms with Crippen molar-refractivity contribution in [1.29, 1.82) is 0 Å². The van der Waals surface area contributed by atoms with Crippen molar-refractivity contribution < 1.29 is 18.3 Å². The molecule has 3 N–H and O–H groups in total. The number of carbonyl (C=O) groups excluding carboxylic acids is 1. The van der Waals surface area contributed by atoms with Crippen LogP contribution in [0.4, 0.5) is 0 Å². The van der Waals surface area contributed by atoms with E-state index in [9.17, 15) is 18.3 Å². The second-order valence-corrected chi connectivity index (χ2v) is 6.99. The van der Waals surface area contributed by atoms with Crippen molar-refractivity contribution in [3.8, 4) is 0 Å². The summed E-state index contributed by atoms with van der Waals surface area (Å²) in [4.78, 5) is 12.1. The third-order valence-corrected chi connectivity index (χ3v) is 5.08. The van der Waals surface area contributed by atoms with Crippen molar-refractivity contribution in [2.75, 3.05) is 13.1 Å². The minimum Gasteiger partial charge on any atom is -0.393 e. The van der Waals surface area contributed by atoms with Gasteiger partial charge in [-0.3, -0.25) is 4.79 Å². The molecule has 0 unspecified atom stereocenters. The number of aliphatic hydroxyl groups excluding tert-OH is 1. The molecule has 116 valence electrons. The van der Waals surface area contributed by atoms with E-state index in [1.54, 1.807) is 6.92 Å². The highest BCUT2D eigenvalue weighted by atomic mass is 32.2. The van der Waals surface area contributed by atoms with Gasteiger partial charge in [0.25, 0.3) is 5.91 Å². The van der Waals surface area contributed by atoms with Gasteiger partial charge in [-0.2, -0.15) is 0 Å². The standard InChI is InChI=1S/C14H20N2O4S/c1-2-16-21(19,20)13-5-3-11(4-6-13)14(18)15-9-10-7-12(17)8-10/h3-6,10,12,16-17H,2,7-9H2,1H3,(H,15,18). The van der Waals surface area contributed by atoms with E-state index in [-0.39, 0.29) is 16.9 Å². The quantitative estimate of drug-likeness (QED) is 0.712. The summed E-state index contributed by atoms with van der Waals surface area (Å²) < 4.78 is 25.9. The fraction of sp³-hybridized carbons (Fsp3) is 0.500. The van der Waals surface area contributed by atoms with Gasteiger partial charge in [-0.25, -0.2) is 13.1 Å². The Labute approximate surface area is 124 Å². The van der Waals surface area contributed by atoms with Gasteiger partial charge in [0.1, 0.15) is 0 Å². The number of carbonyl (C=O) groups is 1. The van der Waals surface area contributed by atoms with Crippen molar-refractivity contribution in [3.63, 3.8) is 0 Å². The van der Waals surface area contributed by atoms with Gasteiger partial charge in [0.2, 0.25) is 10.0 Å². The van der Waals surface area contributed by atoms with Crippen molar-refractivity contribution >= 4 is 15.9 Å². The molecule has 7 heteroatoms. The molecule has 1 fully saturated rings. The van der Waals surface area contributed by atoms with Crippen LogP contribution in [0.15, 0.2) is 29.2 Å². The molecule has 1 aliphatic carbocycles. The van der Waals surface area contributed by atoms with Gasteiger partial charge >= 0.3 is 0 Å². The summed E-state index contributed by atoms with van der Waals surface area (Å²) in [5, 5.41) is 12.0. The van der Waals surface area contributed by atoms with Crippen LogP contribution >= 0.6 is 0 Å². The zero-order valence-corrected chi connectivity index (χ0v) is 12.7. The molecule has 0 bridgehead atoms. The van der Waals surface area contributed by atoms with Crippen LogP contribution in [0.3, 0.4) is 0 Å². The van der Waals surface area contributed by atoms with E-state index < -0.39 is 10.0 Å². The van der Waals surface area contributed by atoms with Crippen LogP contribution < -0.4 is 10.0 Å². The highest BCUT2D eigenvalue weighted by Crippen LogP contribution is 2.26. The minimum atomic E-state index is -3.49. The molecule has 1 saturated carbocycles. The number of benzene rings is 1. The molecule has 0 radical (unpaired) electrons. The molecule has 1 aliphatic rings. The topological polar surface area (TPSA) is 95.5 Å². The molecule has 0 spiro atoms. The van der Waals surface area contributed by atoms with Crippen molar-refractivity contribution in [3.05, 3.63) is 29.8 Å². The summed E-state index contributed by atoms with van der Waals surface area (Å²) in [5.41, 5.74) is 0.422. The van der Waals surface area contributed by atoms with Crippen molar-refractivity contribution in [2.45, 2.75) is 30.8 Å². The predicted molar refractivity (Wildman–Crippen MR) is 78.4 cm³/mol. The molecule has 21 heavy (non-hydrogen) atoms. The van der Waals surface area contributed by atoms with E-state index in [2.05, 4.69) is 10.0 Å². The molecule has 2 rings (SSSR count). The maximum atomic E-state index is 11.9. The highest BCUT2D eigenvalue weighted by molar-refractivity contribution is 7.89. The summed E-state index contributed by atoms with van der Waals surface area (Å²) in [7, 11) is -3.49. The molecular formula is C14H20N2O4S. The molecular weight excluding hydrogens is 292 g/mol. The number of rotatable bonds is 6. The largest absolute Gasteiger partial charge is 0.393 e. The predicted octanol–water partition coefficient (Wildman–Crippen LogP) is 0.485. The fourth-order valence-corrected chi connectivity index (χ4v) is 3.31. The minimum absolute atomic E-state index is 0.142. The van der Waals surface area contributed by atoms with Gasteiger partial charge in [0.15, 0.2) is 0 Å². The van der Waals surface area contributed by atoms with Crippen LogP contribution in [0.2, 0.25) is 0 Å². The smallest absolute Gasteiger partial charge is 0.251 e. The first-order valence-electron chi connectivity index (χ1n) is 6.98. The van der Waals surface area contributed by atoms with E-state index in [0.29, 0.717) is 24.6 Å². The first kappa shape index (κ1) is 15.9. The van der Waals surface area contributed by atoms with Crippen LogP contribution in [0.25, 0.3) is 0 Å². The molecule has 0 atom stereocenters. The number of hydrogen-bond acceptors (Lipinski definition) is 4. The Hall–Kier alpha value is -1.44. The number of nitrogens with one attached hydrogen (secondary N) is 2. The Morgan fingerprint density at radius 3 is 2.43 bits per heavy atom. The second kappa shape index (κ2) is 6.55. The first-order chi connectivity index (χ1) is 9.92. The third-order valence-electron chi connectivity index (χ3n) is 3.52. The maximum absolute atomic E-state index is 11.9. The van der Waals surface area contributed by atoms with E-state index in [1.807, 2.05) is 0 Å². The molecule has 0 saturated heterocycles. The lowest BCUT2D eigenvalue weighted by atomic mass is 9.82. The monoisotopic (exact) mass is 312 g/mol. The van der Waals surface area contributed by atoms with Crippen molar-refractivity contribution in [1.82, 2.24) is 10.0 Å². The third kappa shape index (κ3) is 4.03. The lowest BCUT2D eigenvalue weighted by Gasteiger charge is -2.31. The van der Waals surface area contributed by atoms with Gasteiger partial charge in [-0.05, 0) is 43.0 Å². The summed E-state index contributed by atoms with van der Waals surface area (Å²) in [6, 6.07) is 5.82. The Morgan fingerprint density at radius 2 is 1.90 bits per heavy atom. The lowest BCUT2D eigenvalue weighted by molar-refractivity contribution is 0.0420. The van der Waals surface area contributed by atoms with Crippen LogP contribution in [-0.2, 0) is 10.0 Å². The molecule has 1 aromatic carbocycles. The summed E-state index contributed by atoms with van der Waals surface area (Å²) in [5.74, 6) is 0.0983. The van der Waals surface area contributed by atoms with E-state index in [4.69, 9.17) is 0 Å². The number of aliphatic hydroxyl groups is 1. The normalized spacial score (nSPS) is 21.6. The van der Waals surface area contributed by atoms with Crippen molar-refractivity contribution in [2.24, 2.45) is 5.92 Å². The van der Waals surface area contributed by atoms with Gasteiger partial charge in [-0.1, -0.05) is 6.92 Å². The van der Waals surface area contributed by atoms with E-state index in [1.165, 1.54) is 24.3 Å². The molecule has 0 heterocycles. The zero-order chi connectivity index (χ0) is 15.5. The number of amides is 1. The summed E-state index contributed by atoms with van der Waals surface area (Å²) >= 11 is 0. The summed E-state index contributed by atoms with van der Waals surface area (Å²) in [6.07, 6.45) is 1.21. The Bertz CT molecular complexity index is 592. The first-order valence-corrected chi connectivity index (χ1v) is 8.46. The van der Waals surface area contributed by atoms with Gasteiger partial charge in [0, 0.05) is 18.7 Å². The molecule has 0 aliphatic heterocycles. The number of hydrogen-bond donors (Lipinski definition) is 3. The molecule has 1 aromatic rings. The lowest BCUT2D eigenvalue weighted by Crippen LogP contribution is -2.38.